The third-order valence-corrected chi connectivity index (χ3v) is 5.84. The van der Waals surface area contributed by atoms with Crippen LogP contribution in [0.25, 0.3) is 33.5 Å². The molecule has 5 rings (SSSR count). The molecule has 0 aliphatic carbocycles. The molecule has 212 valence electrons. The largest absolute Gasteiger partial charge is 0.412 e. The normalized spacial score (nSPS) is 10.0. The Bertz CT molecular complexity index is 1660. The van der Waals surface area contributed by atoms with Gasteiger partial charge in [0.1, 0.15) is 11.8 Å². The molecule has 0 aliphatic rings. The van der Waals surface area contributed by atoms with Crippen LogP contribution >= 0.6 is 0 Å². The number of amides is 3. The Morgan fingerprint density at radius 1 is 0.854 bits per heavy atom. The fourth-order valence-corrected chi connectivity index (χ4v) is 3.72. The summed E-state index contributed by atoms with van der Waals surface area (Å²) in [5.41, 5.74) is 11.5. The monoisotopic (exact) mass is 555 g/mol. The number of carbonyl (C=O) groups is 2. The van der Waals surface area contributed by atoms with Crippen molar-refractivity contribution in [1.82, 2.24) is 24.9 Å². The van der Waals surface area contributed by atoms with E-state index in [1.54, 1.807) is 74.2 Å². The number of nitrogen functional groups attached to an aromatic ring is 1. The third kappa shape index (κ3) is 7.02. The van der Waals surface area contributed by atoms with Gasteiger partial charge < -0.3 is 26.7 Å². The highest BCUT2D eigenvalue weighted by Gasteiger charge is 2.11. The van der Waals surface area contributed by atoms with Crippen LogP contribution in [0, 0.1) is 0 Å². The van der Waals surface area contributed by atoms with Gasteiger partial charge in [0.25, 0.3) is 0 Å². The zero-order valence-corrected chi connectivity index (χ0v) is 22.5. The topological polar surface area (TPSA) is 183 Å². The average Bonchev–Trinajstić information content (AvgIpc) is 2.98. The van der Waals surface area contributed by atoms with E-state index in [2.05, 4.69) is 48.7 Å². The molecule has 0 saturated carbocycles. The van der Waals surface area contributed by atoms with Crippen molar-refractivity contribution < 1.29 is 17.9 Å². The quantitative estimate of drug-likeness (QED) is 0.258. The summed E-state index contributed by atoms with van der Waals surface area (Å²) < 4.78 is 0. The summed E-state index contributed by atoms with van der Waals surface area (Å²) in [7, 11) is 1.69. The maximum atomic E-state index is 12.5. The first-order valence-electron chi connectivity index (χ1n) is 12.1. The summed E-state index contributed by atoms with van der Waals surface area (Å²) in [6.07, 6.45) is 6.55. The highest BCUT2D eigenvalue weighted by Crippen LogP contribution is 2.26. The molecule has 6 N–H and O–H groups in total. The molecule has 3 aromatic heterocycles. The highest BCUT2D eigenvalue weighted by atomic mass is 16.2. The molecule has 12 heteroatoms. The Balaban J connectivity index is 0.00000181. The van der Waals surface area contributed by atoms with E-state index < -0.39 is 6.03 Å². The lowest BCUT2D eigenvalue weighted by molar-refractivity contribution is -0.116. The van der Waals surface area contributed by atoms with Crippen molar-refractivity contribution in [1.29, 1.82) is 0 Å². The molecule has 0 saturated heterocycles. The van der Waals surface area contributed by atoms with Crippen LogP contribution in [-0.4, -0.2) is 49.4 Å². The van der Waals surface area contributed by atoms with Crippen molar-refractivity contribution in [3.63, 3.8) is 0 Å². The lowest BCUT2D eigenvalue weighted by atomic mass is 10.1. The molecule has 0 aliphatic heterocycles. The predicted octanol–water partition coefficient (Wildman–Crippen LogP) is 4.83. The number of pyridine rings is 1. The van der Waals surface area contributed by atoms with E-state index in [-0.39, 0.29) is 20.1 Å². The molecule has 0 fully saturated rings. The molecule has 12 nitrogen and oxygen atoms in total. The zero-order valence-electron chi connectivity index (χ0n) is 22.5. The number of nitrogens with two attached hydrogens (primary N) is 1. The van der Waals surface area contributed by atoms with E-state index in [9.17, 15) is 9.59 Å². The lowest BCUT2D eigenvalue weighted by Gasteiger charge is -2.15. The third-order valence-electron chi connectivity index (χ3n) is 5.84. The molecule has 0 atom stereocenters. The summed E-state index contributed by atoms with van der Waals surface area (Å²) >= 11 is 0. The van der Waals surface area contributed by atoms with Crippen molar-refractivity contribution >= 4 is 45.9 Å². The smallest absolute Gasteiger partial charge is 0.323 e. The second kappa shape index (κ2) is 13.4. The number of carbonyl (C=O) groups excluding carboxylic acids is 2. The first kappa shape index (κ1) is 29.8. The molecule has 0 unspecified atom stereocenters. The molecular weight excluding hydrogens is 522 g/mol. The molecule has 3 heterocycles. The zero-order chi connectivity index (χ0) is 28.6. The minimum atomic E-state index is -0.403. The van der Waals surface area contributed by atoms with Crippen LogP contribution in [0.5, 0.6) is 0 Å². The van der Waals surface area contributed by atoms with E-state index in [4.69, 9.17) is 5.73 Å². The van der Waals surface area contributed by atoms with Crippen LogP contribution in [0.3, 0.4) is 0 Å². The molecule has 0 spiro atoms. The Labute approximate surface area is 239 Å². The second-order valence-electron chi connectivity index (χ2n) is 8.43. The van der Waals surface area contributed by atoms with Crippen LogP contribution < -0.4 is 21.3 Å². The Morgan fingerprint density at radius 3 is 2.02 bits per heavy atom. The summed E-state index contributed by atoms with van der Waals surface area (Å²) in [6.45, 7) is 7.49. The minimum absolute atomic E-state index is 0. The molecule has 0 bridgehead atoms. The van der Waals surface area contributed by atoms with Gasteiger partial charge in [0, 0.05) is 69.2 Å². The van der Waals surface area contributed by atoms with E-state index in [1.165, 1.54) is 18.2 Å². The van der Waals surface area contributed by atoms with Gasteiger partial charge in [-0.3, -0.25) is 9.78 Å². The fraction of sp³-hybridized carbons (Fsp3) is 0.0690. The van der Waals surface area contributed by atoms with E-state index in [0.29, 0.717) is 28.2 Å². The Hall–Kier alpha value is -5.75. The molecule has 5 aromatic rings. The first-order chi connectivity index (χ1) is 19.4. The summed E-state index contributed by atoms with van der Waals surface area (Å²) in [6, 6.07) is 15.5. The van der Waals surface area contributed by atoms with Gasteiger partial charge >= 0.3 is 6.03 Å². The number of rotatable bonds is 5. The van der Waals surface area contributed by atoms with Crippen molar-refractivity contribution in [3.05, 3.63) is 92.7 Å². The van der Waals surface area contributed by atoms with Gasteiger partial charge in [-0.25, -0.2) is 24.7 Å². The van der Waals surface area contributed by atoms with Crippen molar-refractivity contribution in [2.75, 3.05) is 28.3 Å². The lowest BCUT2D eigenvalue weighted by Crippen LogP contribution is -2.23. The Morgan fingerprint density at radius 2 is 1.44 bits per heavy atom. The second-order valence-corrected chi connectivity index (χ2v) is 8.43. The number of benzene rings is 2. The van der Waals surface area contributed by atoms with E-state index >= 15 is 0 Å². The molecule has 2 aromatic carbocycles. The van der Waals surface area contributed by atoms with Gasteiger partial charge in [0.2, 0.25) is 5.91 Å². The van der Waals surface area contributed by atoms with Crippen LogP contribution in [0.1, 0.15) is 9.78 Å². The van der Waals surface area contributed by atoms with Crippen molar-refractivity contribution in [2.24, 2.45) is 0 Å². The SMILES string of the molecule is C=C.CC(=O)N(C)c1ccc(NC(=O)Nc2ccc(-c3nc(N)c4ncc(-c5cncnc5)cc4n3)cc2)cc1.O.[HH].[HH]. The van der Waals surface area contributed by atoms with Gasteiger partial charge in [-0.2, -0.15) is 0 Å². The number of nitrogens with zero attached hydrogens (tertiary/aromatic N) is 6. The number of hydrogen-bond acceptors (Lipinski definition) is 8. The first-order valence-corrected chi connectivity index (χ1v) is 12.1. The Kier molecular flexibility index (Phi) is 9.71. The standard InChI is InChI=1S/C27H23N9O2.C2H4.H2O.2H2/c1-16(37)36(2)22-9-7-21(8-10-22)33-27(38)32-20-5-3-17(4-6-20)26-34-23-11-18(19-12-29-15-30-13-19)14-31-24(23)25(28)35-26;1-2;;;/h3-15H,1-2H3,(H2,28,34,35)(H2,32,33,38);1-2H2;1H2;2*1H. The van der Waals surface area contributed by atoms with Gasteiger partial charge in [0.05, 0.1) is 5.52 Å². The van der Waals surface area contributed by atoms with Gasteiger partial charge in [0.15, 0.2) is 11.6 Å². The van der Waals surface area contributed by atoms with Gasteiger partial charge in [-0.15, -0.1) is 13.2 Å². The number of hydrogen-bond donors (Lipinski definition) is 3. The summed E-state index contributed by atoms with van der Waals surface area (Å²) in [5, 5.41) is 5.56. The summed E-state index contributed by atoms with van der Waals surface area (Å²) in [5.74, 6) is 0.625. The number of urea groups is 1. The van der Waals surface area contributed by atoms with Crippen LogP contribution in [0.4, 0.5) is 27.7 Å². The van der Waals surface area contributed by atoms with Gasteiger partial charge in [-0.05, 0) is 54.6 Å². The maximum Gasteiger partial charge on any atom is 0.323 e. The number of anilines is 4. The van der Waals surface area contributed by atoms with Crippen molar-refractivity contribution in [2.45, 2.75) is 6.92 Å². The molecule has 41 heavy (non-hydrogen) atoms. The average molecular weight is 556 g/mol. The highest BCUT2D eigenvalue weighted by molar-refractivity contribution is 6.00. The number of fused-ring (bicyclic) bond motifs is 1. The fourth-order valence-electron chi connectivity index (χ4n) is 3.72. The van der Waals surface area contributed by atoms with Crippen LogP contribution in [0.2, 0.25) is 0 Å². The predicted molar refractivity (Wildman–Crippen MR) is 165 cm³/mol. The van der Waals surface area contributed by atoms with Gasteiger partial charge in [-0.1, -0.05) is 0 Å². The van der Waals surface area contributed by atoms with E-state index in [0.717, 1.165) is 22.4 Å². The van der Waals surface area contributed by atoms with Crippen LogP contribution in [0.15, 0.2) is 92.7 Å². The van der Waals surface area contributed by atoms with Crippen molar-refractivity contribution in [3.8, 4) is 22.5 Å². The molecule has 0 radical (unpaired) electrons. The maximum absolute atomic E-state index is 12.5. The minimum Gasteiger partial charge on any atom is -0.412 e. The summed E-state index contributed by atoms with van der Waals surface area (Å²) in [4.78, 5) is 47.0. The molecular formula is C29H33N9O3. The van der Waals surface area contributed by atoms with E-state index in [1.807, 2.05) is 6.07 Å². The molecule has 3 amide bonds. The number of nitrogens with one attached hydrogen (secondary N) is 2. The number of aromatic nitrogens is 5. The van der Waals surface area contributed by atoms with Crippen LogP contribution in [-0.2, 0) is 4.79 Å².